The normalized spacial score (nSPS) is 17.8. The van der Waals surface area contributed by atoms with E-state index in [2.05, 4.69) is 20.4 Å². The average molecular weight is 505 g/mol. The molecule has 0 atom stereocenters. The van der Waals surface area contributed by atoms with Gasteiger partial charge in [-0.25, -0.2) is 8.91 Å². The topological polar surface area (TPSA) is 104 Å². The SMILES string of the molecule is Cc1cc(Nc2nc(N3CCN(C(=O)C4(c5ccc(F)cc5)CCOCC4)CC3)nn3cccc23)n[nH]1. The molecule has 1 aromatic carbocycles. The Hall–Kier alpha value is -3.99. The predicted molar refractivity (Wildman–Crippen MR) is 137 cm³/mol. The van der Waals surface area contributed by atoms with Crippen LogP contribution in [0.1, 0.15) is 24.1 Å². The molecule has 2 aliphatic rings. The summed E-state index contributed by atoms with van der Waals surface area (Å²) in [6.45, 7) is 5.29. The van der Waals surface area contributed by atoms with Gasteiger partial charge in [0.25, 0.3) is 0 Å². The lowest BCUT2D eigenvalue weighted by molar-refractivity contribution is -0.141. The van der Waals surface area contributed by atoms with Crippen LogP contribution in [0.25, 0.3) is 5.52 Å². The van der Waals surface area contributed by atoms with E-state index in [9.17, 15) is 9.18 Å². The molecule has 0 unspecified atom stereocenters. The number of amides is 1. The fourth-order valence-electron chi connectivity index (χ4n) is 5.28. The van der Waals surface area contributed by atoms with Gasteiger partial charge in [0.2, 0.25) is 11.9 Å². The van der Waals surface area contributed by atoms with Gasteiger partial charge in [0.05, 0.1) is 5.41 Å². The van der Waals surface area contributed by atoms with Gasteiger partial charge in [0.15, 0.2) is 11.6 Å². The van der Waals surface area contributed by atoms with Crippen LogP contribution in [0.2, 0.25) is 0 Å². The van der Waals surface area contributed by atoms with Gasteiger partial charge in [-0.2, -0.15) is 10.1 Å². The number of H-pyrrole nitrogens is 1. The van der Waals surface area contributed by atoms with Crippen LogP contribution in [-0.2, 0) is 14.9 Å². The van der Waals surface area contributed by atoms with E-state index >= 15 is 0 Å². The molecule has 2 saturated heterocycles. The zero-order chi connectivity index (χ0) is 25.4. The van der Waals surface area contributed by atoms with Crippen molar-refractivity contribution in [3.8, 4) is 0 Å². The molecule has 192 valence electrons. The number of piperazine rings is 1. The molecule has 0 bridgehead atoms. The minimum atomic E-state index is -0.687. The number of halogens is 1. The number of hydrogen-bond donors (Lipinski definition) is 2. The van der Waals surface area contributed by atoms with E-state index in [4.69, 9.17) is 14.8 Å². The molecule has 2 N–H and O–H groups in total. The van der Waals surface area contributed by atoms with Crippen molar-refractivity contribution in [2.75, 3.05) is 49.6 Å². The fourth-order valence-corrected chi connectivity index (χ4v) is 5.28. The molecule has 0 saturated carbocycles. The summed E-state index contributed by atoms with van der Waals surface area (Å²) < 4.78 is 21.0. The van der Waals surface area contributed by atoms with Crippen LogP contribution in [0.5, 0.6) is 0 Å². The summed E-state index contributed by atoms with van der Waals surface area (Å²) in [5, 5.41) is 15.2. The standard InChI is InChI=1S/C26H29FN8O2/c1-18-17-22(31-30-18)28-23-21-3-2-10-35(21)32-25(29-23)34-13-11-33(12-14-34)24(36)26(8-15-37-16-9-26)19-4-6-20(27)7-5-19/h2-7,10,17H,8-9,11-16H2,1H3,(H2,28,29,30,31,32). The molecule has 4 aromatic rings. The maximum atomic E-state index is 13.9. The number of aryl methyl sites for hydroxylation is 1. The highest BCUT2D eigenvalue weighted by molar-refractivity contribution is 5.88. The van der Waals surface area contributed by atoms with Gasteiger partial charge in [-0.05, 0) is 49.6 Å². The van der Waals surface area contributed by atoms with Crippen molar-refractivity contribution >= 4 is 29.0 Å². The number of nitrogens with zero attached hydrogens (tertiary/aromatic N) is 6. The highest BCUT2D eigenvalue weighted by atomic mass is 19.1. The second-order valence-electron chi connectivity index (χ2n) is 9.64. The van der Waals surface area contributed by atoms with Crippen molar-refractivity contribution in [1.82, 2.24) is 29.7 Å². The molecule has 0 aliphatic carbocycles. The van der Waals surface area contributed by atoms with E-state index in [1.54, 1.807) is 16.6 Å². The lowest BCUT2D eigenvalue weighted by atomic mass is 9.73. The van der Waals surface area contributed by atoms with Gasteiger partial charge < -0.3 is 19.9 Å². The van der Waals surface area contributed by atoms with Gasteiger partial charge in [-0.1, -0.05) is 12.1 Å². The molecule has 5 heterocycles. The Kier molecular flexibility index (Phi) is 5.99. The number of aromatic amines is 1. The van der Waals surface area contributed by atoms with Crippen molar-refractivity contribution in [3.63, 3.8) is 0 Å². The third-order valence-corrected chi connectivity index (χ3v) is 7.33. The number of anilines is 3. The number of rotatable bonds is 5. The van der Waals surface area contributed by atoms with E-state index in [-0.39, 0.29) is 11.7 Å². The van der Waals surface area contributed by atoms with Crippen molar-refractivity contribution in [1.29, 1.82) is 0 Å². The molecule has 2 aliphatic heterocycles. The summed E-state index contributed by atoms with van der Waals surface area (Å²) in [7, 11) is 0. The molecule has 3 aromatic heterocycles. The van der Waals surface area contributed by atoms with E-state index in [0.717, 1.165) is 16.8 Å². The summed E-state index contributed by atoms with van der Waals surface area (Å²) >= 11 is 0. The van der Waals surface area contributed by atoms with E-state index in [1.807, 2.05) is 36.2 Å². The van der Waals surface area contributed by atoms with Crippen LogP contribution in [-0.4, -0.2) is 75.0 Å². The van der Waals surface area contributed by atoms with E-state index in [1.165, 1.54) is 12.1 Å². The first-order valence-corrected chi connectivity index (χ1v) is 12.5. The van der Waals surface area contributed by atoms with Crippen LogP contribution < -0.4 is 10.2 Å². The Morgan fingerprint density at radius 1 is 1.11 bits per heavy atom. The van der Waals surface area contributed by atoms with Gasteiger partial charge in [0, 0.05) is 57.3 Å². The first kappa shape index (κ1) is 23.4. The lowest BCUT2D eigenvalue weighted by Crippen LogP contribution is -2.56. The Morgan fingerprint density at radius 3 is 2.57 bits per heavy atom. The van der Waals surface area contributed by atoms with E-state index in [0.29, 0.717) is 69.8 Å². The van der Waals surface area contributed by atoms with Crippen molar-refractivity contribution < 1.29 is 13.9 Å². The smallest absolute Gasteiger partial charge is 0.245 e. The van der Waals surface area contributed by atoms with Crippen LogP contribution in [0.15, 0.2) is 48.7 Å². The number of ether oxygens (including phenoxy) is 1. The molecular weight excluding hydrogens is 475 g/mol. The molecule has 1 amide bonds. The predicted octanol–water partition coefficient (Wildman–Crippen LogP) is 3.04. The van der Waals surface area contributed by atoms with Crippen molar-refractivity contribution in [2.24, 2.45) is 0 Å². The molecule has 10 nitrogen and oxygen atoms in total. The Bertz CT molecular complexity index is 1400. The Balaban J connectivity index is 1.21. The molecule has 2 fully saturated rings. The number of carbonyl (C=O) groups is 1. The molecule has 0 spiro atoms. The van der Waals surface area contributed by atoms with Crippen LogP contribution in [0, 0.1) is 12.7 Å². The average Bonchev–Trinajstić information content (AvgIpc) is 3.58. The van der Waals surface area contributed by atoms with Crippen molar-refractivity contribution in [3.05, 3.63) is 65.7 Å². The first-order chi connectivity index (χ1) is 18.0. The number of carbonyl (C=O) groups excluding carboxylic acids is 1. The number of aromatic nitrogens is 5. The number of benzene rings is 1. The van der Waals surface area contributed by atoms with Crippen LogP contribution in [0.3, 0.4) is 0 Å². The largest absolute Gasteiger partial charge is 0.381 e. The van der Waals surface area contributed by atoms with Gasteiger partial charge in [-0.3, -0.25) is 9.89 Å². The van der Waals surface area contributed by atoms with Gasteiger partial charge in [-0.15, -0.1) is 5.10 Å². The first-order valence-electron chi connectivity index (χ1n) is 12.5. The van der Waals surface area contributed by atoms with E-state index < -0.39 is 5.41 Å². The monoisotopic (exact) mass is 504 g/mol. The number of fused-ring (bicyclic) bond motifs is 1. The maximum absolute atomic E-state index is 13.9. The quantitative estimate of drug-likeness (QED) is 0.431. The van der Waals surface area contributed by atoms with Gasteiger partial charge >= 0.3 is 0 Å². The minimum absolute atomic E-state index is 0.0834. The van der Waals surface area contributed by atoms with Gasteiger partial charge in [0.1, 0.15) is 11.3 Å². The summed E-state index contributed by atoms with van der Waals surface area (Å²) in [5.41, 5.74) is 1.97. The third-order valence-electron chi connectivity index (χ3n) is 7.33. The Labute approximate surface area is 213 Å². The molecule has 6 rings (SSSR count). The lowest BCUT2D eigenvalue weighted by Gasteiger charge is -2.43. The number of nitrogens with one attached hydrogen (secondary N) is 2. The van der Waals surface area contributed by atoms with Crippen LogP contribution in [0.4, 0.5) is 22.0 Å². The number of hydrogen-bond acceptors (Lipinski definition) is 7. The molecular formula is C26H29FN8O2. The summed E-state index contributed by atoms with van der Waals surface area (Å²) in [6.07, 6.45) is 3.07. The highest BCUT2D eigenvalue weighted by Crippen LogP contribution is 2.37. The third kappa shape index (κ3) is 4.39. The summed E-state index contributed by atoms with van der Waals surface area (Å²) in [6, 6.07) is 12.1. The zero-order valence-electron chi connectivity index (χ0n) is 20.7. The second kappa shape index (κ2) is 9.47. The molecule has 0 radical (unpaired) electrons. The van der Waals surface area contributed by atoms with Crippen molar-refractivity contribution in [2.45, 2.75) is 25.2 Å². The fraction of sp³-hybridized carbons (Fsp3) is 0.385. The molecule has 11 heteroatoms. The zero-order valence-corrected chi connectivity index (χ0v) is 20.7. The van der Waals surface area contributed by atoms with Crippen LogP contribution >= 0.6 is 0 Å². The summed E-state index contributed by atoms with van der Waals surface area (Å²) in [5.74, 6) is 1.72. The summed E-state index contributed by atoms with van der Waals surface area (Å²) in [4.78, 5) is 22.7. The molecule has 37 heavy (non-hydrogen) atoms. The minimum Gasteiger partial charge on any atom is -0.381 e. The Morgan fingerprint density at radius 2 is 1.86 bits per heavy atom. The highest BCUT2D eigenvalue weighted by Gasteiger charge is 2.44. The maximum Gasteiger partial charge on any atom is 0.245 e. The second-order valence-corrected chi connectivity index (χ2v) is 9.64.